The third kappa shape index (κ3) is 4.93. The number of nitrogens with one attached hydrogen (secondary N) is 1. The molecule has 0 atom stereocenters. The van der Waals surface area contributed by atoms with Gasteiger partial charge in [0, 0.05) is 15.2 Å². The van der Waals surface area contributed by atoms with Crippen molar-refractivity contribution < 1.29 is 4.79 Å². The molecule has 0 radical (unpaired) electrons. The lowest BCUT2D eigenvalue weighted by Gasteiger charge is -2.07. The van der Waals surface area contributed by atoms with E-state index in [2.05, 4.69) is 59.9 Å². The summed E-state index contributed by atoms with van der Waals surface area (Å²) in [6, 6.07) is 10.5. The van der Waals surface area contributed by atoms with Gasteiger partial charge in [0.25, 0.3) is 0 Å². The van der Waals surface area contributed by atoms with Gasteiger partial charge in [-0.2, -0.15) is 0 Å². The first-order chi connectivity index (χ1) is 12.0. The zero-order valence-electron chi connectivity index (χ0n) is 14.5. The Hall–Kier alpha value is -1.63. The van der Waals surface area contributed by atoms with Gasteiger partial charge in [0.2, 0.25) is 5.91 Å². The predicted octanol–water partition coefficient (Wildman–Crippen LogP) is 5.21. The number of thiazole rings is 1. The smallest absolute Gasteiger partial charge is 0.230 e. The van der Waals surface area contributed by atoms with Crippen LogP contribution in [0.5, 0.6) is 0 Å². The third-order valence-corrected chi connectivity index (χ3v) is 6.74. The molecule has 1 amide bonds. The van der Waals surface area contributed by atoms with Gasteiger partial charge in [-0.3, -0.25) is 4.79 Å². The van der Waals surface area contributed by atoms with Crippen LogP contribution in [0.3, 0.4) is 0 Å². The number of aryl methyl sites for hydroxylation is 3. The molecule has 25 heavy (non-hydrogen) atoms. The van der Waals surface area contributed by atoms with Crippen LogP contribution in [0.25, 0.3) is 10.6 Å². The largest absolute Gasteiger partial charge is 0.350 e. The highest BCUT2D eigenvalue weighted by molar-refractivity contribution is 8.00. The van der Waals surface area contributed by atoms with Crippen molar-refractivity contribution in [3.63, 3.8) is 0 Å². The summed E-state index contributed by atoms with van der Waals surface area (Å²) in [5.41, 5.74) is 3.49. The van der Waals surface area contributed by atoms with Crippen LogP contribution >= 0.6 is 34.4 Å². The average molecular weight is 389 g/mol. The summed E-state index contributed by atoms with van der Waals surface area (Å²) in [6.07, 6.45) is 0. The number of hydrogen-bond acceptors (Lipinski definition) is 5. The average Bonchev–Trinajstić information content (AvgIpc) is 3.21. The van der Waals surface area contributed by atoms with Crippen molar-refractivity contribution in [1.82, 2.24) is 10.3 Å². The zero-order valence-corrected chi connectivity index (χ0v) is 16.9. The van der Waals surface area contributed by atoms with Crippen molar-refractivity contribution in [1.29, 1.82) is 0 Å². The lowest BCUT2D eigenvalue weighted by atomic mass is 10.2. The number of nitrogens with zero attached hydrogens (tertiary/aromatic N) is 1. The topological polar surface area (TPSA) is 42.0 Å². The fourth-order valence-electron chi connectivity index (χ4n) is 2.43. The van der Waals surface area contributed by atoms with Gasteiger partial charge in [0.05, 0.1) is 27.9 Å². The molecule has 6 heteroatoms. The molecule has 3 rings (SSSR count). The van der Waals surface area contributed by atoms with Crippen LogP contribution in [0, 0.1) is 20.8 Å². The number of aromatic nitrogens is 1. The number of hydrogen-bond donors (Lipinski definition) is 1. The number of thiophene rings is 1. The van der Waals surface area contributed by atoms with Gasteiger partial charge in [0.1, 0.15) is 0 Å². The molecule has 130 valence electrons. The minimum Gasteiger partial charge on any atom is -0.350 e. The minimum absolute atomic E-state index is 0.0597. The Morgan fingerprint density at radius 3 is 2.76 bits per heavy atom. The number of carbonyl (C=O) groups is 1. The van der Waals surface area contributed by atoms with Crippen molar-refractivity contribution in [3.8, 4) is 10.6 Å². The normalized spacial score (nSPS) is 10.8. The Morgan fingerprint density at radius 2 is 2.04 bits per heavy atom. The first-order valence-electron chi connectivity index (χ1n) is 7.99. The van der Waals surface area contributed by atoms with E-state index in [9.17, 15) is 4.79 Å². The van der Waals surface area contributed by atoms with E-state index in [0.29, 0.717) is 12.3 Å². The molecule has 0 aliphatic heterocycles. The van der Waals surface area contributed by atoms with Gasteiger partial charge in [-0.25, -0.2) is 4.98 Å². The molecule has 3 aromatic rings. The third-order valence-electron chi connectivity index (χ3n) is 3.68. The van der Waals surface area contributed by atoms with Crippen molar-refractivity contribution >= 4 is 40.3 Å². The van der Waals surface area contributed by atoms with Crippen LogP contribution in [-0.2, 0) is 11.3 Å². The van der Waals surface area contributed by atoms with Crippen molar-refractivity contribution in [3.05, 3.63) is 56.7 Å². The first-order valence-corrected chi connectivity index (χ1v) is 10.7. The maximum absolute atomic E-state index is 12.1. The summed E-state index contributed by atoms with van der Waals surface area (Å²) in [4.78, 5) is 20.1. The number of carbonyl (C=O) groups excluding carboxylic acids is 1. The molecule has 0 saturated carbocycles. The van der Waals surface area contributed by atoms with Gasteiger partial charge in [-0.15, -0.1) is 34.4 Å². The zero-order chi connectivity index (χ0) is 17.8. The SMILES string of the molecule is Cc1ccc(SCC(=O)NCc2ccc(-c3csc(C)n3)s2)c(C)c1. The molecular formula is C19H20N2OS3. The first kappa shape index (κ1) is 18.2. The molecule has 0 aliphatic carbocycles. The molecule has 2 aromatic heterocycles. The van der Waals surface area contributed by atoms with Gasteiger partial charge < -0.3 is 5.32 Å². The van der Waals surface area contributed by atoms with E-state index >= 15 is 0 Å². The van der Waals surface area contributed by atoms with Crippen LogP contribution in [0.2, 0.25) is 0 Å². The lowest BCUT2D eigenvalue weighted by Crippen LogP contribution is -2.24. The number of benzene rings is 1. The lowest BCUT2D eigenvalue weighted by molar-refractivity contribution is -0.118. The molecule has 2 heterocycles. The van der Waals surface area contributed by atoms with Crippen LogP contribution < -0.4 is 5.32 Å². The summed E-state index contributed by atoms with van der Waals surface area (Å²) in [7, 11) is 0. The number of rotatable bonds is 6. The second kappa shape index (κ2) is 8.17. The highest BCUT2D eigenvalue weighted by Gasteiger charge is 2.08. The van der Waals surface area contributed by atoms with E-state index in [1.165, 1.54) is 11.1 Å². The second-order valence-corrected chi connectivity index (χ2v) is 9.10. The Labute approximate surface area is 160 Å². The fraction of sp³-hybridized carbons (Fsp3) is 0.263. The second-order valence-electron chi connectivity index (χ2n) is 5.85. The Kier molecular flexibility index (Phi) is 5.93. The summed E-state index contributed by atoms with van der Waals surface area (Å²) in [5.74, 6) is 0.498. The maximum atomic E-state index is 12.1. The monoisotopic (exact) mass is 388 g/mol. The van der Waals surface area contributed by atoms with Crippen molar-refractivity contribution in [2.24, 2.45) is 0 Å². The molecular weight excluding hydrogens is 368 g/mol. The molecule has 0 aliphatic rings. The van der Waals surface area contributed by atoms with Crippen LogP contribution in [-0.4, -0.2) is 16.6 Å². The fourth-order valence-corrected chi connectivity index (χ4v) is 4.86. The number of thioether (sulfide) groups is 1. The van der Waals surface area contributed by atoms with Crippen molar-refractivity contribution in [2.45, 2.75) is 32.2 Å². The van der Waals surface area contributed by atoms with E-state index in [-0.39, 0.29) is 5.91 Å². The summed E-state index contributed by atoms with van der Waals surface area (Å²) in [5, 5.41) is 6.15. The standard InChI is InChI=1S/C19H20N2OS3/c1-12-4-6-17(13(2)8-12)24-11-19(22)20-9-15-5-7-18(25-15)16-10-23-14(3)21-16/h4-8,10H,9,11H2,1-3H3,(H,20,22). The highest BCUT2D eigenvalue weighted by atomic mass is 32.2. The Balaban J connectivity index is 1.50. The van der Waals surface area contributed by atoms with Crippen LogP contribution in [0.15, 0.2) is 40.6 Å². The van der Waals surface area contributed by atoms with Crippen molar-refractivity contribution in [2.75, 3.05) is 5.75 Å². The van der Waals surface area contributed by atoms with E-state index in [4.69, 9.17) is 0 Å². The molecule has 0 bridgehead atoms. The molecule has 0 spiro atoms. The van der Waals surface area contributed by atoms with Gasteiger partial charge >= 0.3 is 0 Å². The van der Waals surface area contributed by atoms with E-state index in [0.717, 1.165) is 25.4 Å². The minimum atomic E-state index is 0.0597. The molecule has 0 fully saturated rings. The highest BCUT2D eigenvalue weighted by Crippen LogP contribution is 2.29. The van der Waals surface area contributed by atoms with Gasteiger partial charge in [-0.05, 0) is 44.5 Å². The van der Waals surface area contributed by atoms with E-state index in [1.807, 2.05) is 6.92 Å². The molecule has 0 saturated heterocycles. The molecule has 1 N–H and O–H groups in total. The van der Waals surface area contributed by atoms with E-state index < -0.39 is 0 Å². The summed E-state index contributed by atoms with van der Waals surface area (Å²) >= 11 is 4.93. The Morgan fingerprint density at radius 1 is 1.20 bits per heavy atom. The Bertz CT molecular complexity index is 882. The predicted molar refractivity (Wildman–Crippen MR) is 109 cm³/mol. The maximum Gasteiger partial charge on any atom is 0.230 e. The van der Waals surface area contributed by atoms with Crippen LogP contribution in [0.1, 0.15) is 21.0 Å². The van der Waals surface area contributed by atoms with Gasteiger partial charge in [-0.1, -0.05) is 17.7 Å². The molecule has 0 unspecified atom stereocenters. The summed E-state index contributed by atoms with van der Waals surface area (Å²) in [6.45, 7) is 6.74. The quantitative estimate of drug-likeness (QED) is 0.590. The number of amides is 1. The van der Waals surface area contributed by atoms with E-state index in [1.54, 1.807) is 34.4 Å². The molecule has 1 aromatic carbocycles. The van der Waals surface area contributed by atoms with Gasteiger partial charge in [0.15, 0.2) is 0 Å². The summed E-state index contributed by atoms with van der Waals surface area (Å²) < 4.78 is 0. The van der Waals surface area contributed by atoms with Crippen LogP contribution in [0.4, 0.5) is 0 Å². The molecule has 3 nitrogen and oxygen atoms in total.